The Morgan fingerprint density at radius 3 is 2.50 bits per heavy atom. The van der Waals surface area contributed by atoms with Crippen LogP contribution in [0, 0.1) is 0 Å². The zero-order valence-electron chi connectivity index (χ0n) is 14.9. The molecule has 0 fully saturated rings. The van der Waals surface area contributed by atoms with Crippen molar-refractivity contribution in [3.8, 4) is 11.5 Å². The van der Waals surface area contributed by atoms with Crippen LogP contribution in [0.1, 0.15) is 17.9 Å². The maximum Gasteiger partial charge on any atom is 0.223 e. The highest BCUT2D eigenvalue weighted by molar-refractivity contribution is 5.90. The summed E-state index contributed by atoms with van der Waals surface area (Å²) in [4.78, 5) is 15.6. The normalized spacial score (nSPS) is 11.5. The molecule has 1 aromatic heterocycles. The van der Waals surface area contributed by atoms with Crippen molar-refractivity contribution in [3.05, 3.63) is 90.3 Å². The molecule has 3 aromatic carbocycles. The molecule has 4 rings (SSSR count). The average molecular weight is 370 g/mol. The van der Waals surface area contributed by atoms with Gasteiger partial charge >= 0.3 is 0 Å². The summed E-state index contributed by atoms with van der Waals surface area (Å²) in [6.07, 6.45) is 1.41. The van der Waals surface area contributed by atoms with Gasteiger partial charge in [-0.25, -0.2) is 4.98 Å². The van der Waals surface area contributed by atoms with E-state index in [1.165, 1.54) is 0 Å². The summed E-state index contributed by atoms with van der Waals surface area (Å²) < 4.78 is 11.6. The number of carbonyl (C=O) groups is 1. The zero-order valence-corrected chi connectivity index (χ0v) is 14.9. The molecule has 0 aliphatic rings. The summed E-state index contributed by atoms with van der Waals surface area (Å²) in [6, 6.07) is 24.1. The summed E-state index contributed by atoms with van der Waals surface area (Å²) in [5.41, 5.74) is 2.46. The van der Waals surface area contributed by atoms with Crippen molar-refractivity contribution in [2.45, 2.75) is 6.42 Å². The summed E-state index contributed by atoms with van der Waals surface area (Å²) in [5, 5.41) is 11.3. The third kappa shape index (κ3) is 4.10. The van der Waals surface area contributed by atoms with Crippen molar-refractivity contribution in [1.82, 2.24) is 4.98 Å². The molecule has 0 N–H and O–H groups in total. The lowest BCUT2D eigenvalue weighted by atomic mass is 10.1. The minimum absolute atomic E-state index is 0.264. The first-order valence-electron chi connectivity index (χ1n) is 8.77. The highest BCUT2D eigenvalue weighted by Gasteiger charge is 2.12. The maximum atomic E-state index is 11.3. The molecule has 0 saturated heterocycles. The standard InChI is InChI=1S/C23H17NO4/c25-22(26)15-17(23-24-20-11-4-5-12-21(20)28-23)13-16-7-6-10-19(14-16)27-18-8-2-1-3-9-18/h1-14H,15H2,(H,25,26)/p-1/b17-13+. The number of rotatable bonds is 6. The van der Waals surface area contributed by atoms with Crippen LogP contribution in [0.2, 0.25) is 0 Å². The van der Waals surface area contributed by atoms with Crippen molar-refractivity contribution in [2.75, 3.05) is 0 Å². The Labute approximate surface area is 161 Å². The molecule has 0 saturated carbocycles. The van der Waals surface area contributed by atoms with Gasteiger partial charge in [0, 0.05) is 18.0 Å². The Morgan fingerprint density at radius 1 is 0.964 bits per heavy atom. The van der Waals surface area contributed by atoms with Crippen LogP contribution in [-0.2, 0) is 4.79 Å². The molecule has 0 radical (unpaired) electrons. The van der Waals surface area contributed by atoms with Gasteiger partial charge in [-0.1, -0.05) is 42.5 Å². The number of carbonyl (C=O) groups excluding carboxylic acids is 1. The van der Waals surface area contributed by atoms with Crippen LogP contribution in [0.25, 0.3) is 22.7 Å². The van der Waals surface area contributed by atoms with E-state index < -0.39 is 5.97 Å². The van der Waals surface area contributed by atoms with E-state index in [1.807, 2.05) is 72.8 Å². The molecular formula is C23H16NO4-. The Balaban J connectivity index is 1.68. The number of aliphatic carboxylic acids is 1. The van der Waals surface area contributed by atoms with E-state index in [-0.39, 0.29) is 12.3 Å². The lowest BCUT2D eigenvalue weighted by Gasteiger charge is -2.08. The number of carboxylic acids is 1. The fraction of sp³-hybridized carbons (Fsp3) is 0.0435. The lowest BCUT2D eigenvalue weighted by Crippen LogP contribution is -2.22. The van der Waals surface area contributed by atoms with E-state index >= 15 is 0 Å². The molecule has 1 heterocycles. The van der Waals surface area contributed by atoms with Crippen molar-refractivity contribution >= 4 is 28.7 Å². The quantitative estimate of drug-likeness (QED) is 0.506. The van der Waals surface area contributed by atoms with E-state index in [4.69, 9.17) is 9.15 Å². The first-order chi connectivity index (χ1) is 13.7. The van der Waals surface area contributed by atoms with Crippen LogP contribution >= 0.6 is 0 Å². The molecule has 0 amide bonds. The monoisotopic (exact) mass is 370 g/mol. The van der Waals surface area contributed by atoms with Gasteiger partial charge in [0.2, 0.25) is 5.89 Å². The third-order valence-corrected chi connectivity index (χ3v) is 4.08. The predicted molar refractivity (Wildman–Crippen MR) is 104 cm³/mol. The number of carboxylic acid groups (broad SMARTS) is 1. The molecule has 0 spiro atoms. The first kappa shape index (κ1) is 17.5. The summed E-state index contributed by atoms with van der Waals surface area (Å²) in [7, 11) is 0. The molecule has 5 nitrogen and oxygen atoms in total. The molecule has 0 atom stereocenters. The predicted octanol–water partition coefficient (Wildman–Crippen LogP) is 4.30. The van der Waals surface area contributed by atoms with Gasteiger partial charge in [0.1, 0.15) is 17.0 Å². The minimum Gasteiger partial charge on any atom is -0.550 e. The molecular weight excluding hydrogens is 354 g/mol. The first-order valence-corrected chi connectivity index (χ1v) is 8.77. The molecule has 0 aliphatic carbocycles. The molecule has 138 valence electrons. The molecule has 5 heteroatoms. The summed E-state index contributed by atoms with van der Waals surface area (Å²) in [5.74, 6) is 0.424. The largest absolute Gasteiger partial charge is 0.550 e. The second kappa shape index (κ2) is 7.80. The topological polar surface area (TPSA) is 75.4 Å². The Bertz CT molecular complexity index is 1110. The van der Waals surface area contributed by atoms with Crippen LogP contribution < -0.4 is 9.84 Å². The van der Waals surface area contributed by atoms with Gasteiger partial charge in [-0.3, -0.25) is 0 Å². The summed E-state index contributed by atoms with van der Waals surface area (Å²) >= 11 is 0. The van der Waals surface area contributed by atoms with Gasteiger partial charge in [0.25, 0.3) is 0 Å². The van der Waals surface area contributed by atoms with Crippen LogP contribution in [0.4, 0.5) is 0 Å². The highest BCUT2D eigenvalue weighted by Crippen LogP contribution is 2.27. The lowest BCUT2D eigenvalue weighted by molar-refractivity contribution is -0.304. The molecule has 0 unspecified atom stereocenters. The fourth-order valence-electron chi connectivity index (χ4n) is 2.85. The smallest absolute Gasteiger partial charge is 0.223 e. The Hall–Kier alpha value is -3.86. The molecule has 0 bridgehead atoms. The molecule has 28 heavy (non-hydrogen) atoms. The maximum absolute atomic E-state index is 11.3. The van der Waals surface area contributed by atoms with Crippen molar-refractivity contribution in [2.24, 2.45) is 0 Å². The van der Waals surface area contributed by atoms with Gasteiger partial charge in [0.05, 0.1) is 0 Å². The second-order valence-corrected chi connectivity index (χ2v) is 6.19. The third-order valence-electron chi connectivity index (χ3n) is 4.08. The van der Waals surface area contributed by atoms with E-state index in [2.05, 4.69) is 4.98 Å². The number of para-hydroxylation sites is 3. The van der Waals surface area contributed by atoms with Gasteiger partial charge < -0.3 is 19.1 Å². The van der Waals surface area contributed by atoms with Crippen LogP contribution in [-0.4, -0.2) is 11.0 Å². The second-order valence-electron chi connectivity index (χ2n) is 6.19. The fourth-order valence-corrected chi connectivity index (χ4v) is 2.85. The average Bonchev–Trinajstić information content (AvgIpc) is 3.12. The van der Waals surface area contributed by atoms with Crippen LogP contribution in [0.5, 0.6) is 11.5 Å². The van der Waals surface area contributed by atoms with Crippen LogP contribution in [0.15, 0.2) is 83.3 Å². The van der Waals surface area contributed by atoms with Gasteiger partial charge in [-0.05, 0) is 48.0 Å². The SMILES string of the molecule is O=C([O-])C/C(=C\c1cccc(Oc2ccccc2)c1)c1nc2ccccc2o1. The number of fused-ring (bicyclic) bond motifs is 1. The van der Waals surface area contributed by atoms with E-state index in [1.54, 1.807) is 12.1 Å². The van der Waals surface area contributed by atoms with Crippen molar-refractivity contribution in [1.29, 1.82) is 0 Å². The Morgan fingerprint density at radius 2 is 1.71 bits per heavy atom. The van der Waals surface area contributed by atoms with Gasteiger partial charge in [0.15, 0.2) is 5.58 Å². The van der Waals surface area contributed by atoms with E-state index in [0.717, 1.165) is 11.3 Å². The van der Waals surface area contributed by atoms with Crippen molar-refractivity contribution in [3.63, 3.8) is 0 Å². The number of hydrogen-bond acceptors (Lipinski definition) is 5. The van der Waals surface area contributed by atoms with E-state index in [0.29, 0.717) is 22.4 Å². The number of oxazole rings is 1. The number of aromatic nitrogens is 1. The highest BCUT2D eigenvalue weighted by atomic mass is 16.5. The van der Waals surface area contributed by atoms with Crippen molar-refractivity contribution < 1.29 is 19.1 Å². The number of nitrogens with zero attached hydrogens (tertiary/aromatic N) is 1. The zero-order chi connectivity index (χ0) is 19.3. The van der Waals surface area contributed by atoms with E-state index in [9.17, 15) is 9.90 Å². The van der Waals surface area contributed by atoms with Crippen LogP contribution in [0.3, 0.4) is 0 Å². The number of hydrogen-bond donors (Lipinski definition) is 0. The Kier molecular flexibility index (Phi) is 4.89. The molecule has 4 aromatic rings. The van der Waals surface area contributed by atoms with Gasteiger partial charge in [-0.2, -0.15) is 0 Å². The number of ether oxygens (including phenoxy) is 1. The summed E-state index contributed by atoms with van der Waals surface area (Å²) in [6.45, 7) is 0. The number of benzene rings is 3. The minimum atomic E-state index is -1.20. The molecule has 0 aliphatic heterocycles. The van der Waals surface area contributed by atoms with Gasteiger partial charge in [-0.15, -0.1) is 0 Å².